The van der Waals surface area contributed by atoms with Gasteiger partial charge in [-0.1, -0.05) is 12.1 Å². The largest absolute Gasteiger partial charge is 0.493 e. The molecule has 0 bridgehead atoms. The maximum atomic E-state index is 13.6. The van der Waals surface area contributed by atoms with Crippen molar-refractivity contribution in [3.05, 3.63) is 86.5 Å². The van der Waals surface area contributed by atoms with Crippen LogP contribution in [0.2, 0.25) is 0 Å². The summed E-state index contributed by atoms with van der Waals surface area (Å²) in [6.07, 6.45) is -0.927. The first-order valence-electron chi connectivity index (χ1n) is 11.3. The molecular weight excluding hydrogens is 498 g/mol. The van der Waals surface area contributed by atoms with Crippen LogP contribution in [0.5, 0.6) is 23.0 Å². The van der Waals surface area contributed by atoms with Crippen molar-refractivity contribution in [2.45, 2.75) is 6.10 Å². The smallest absolute Gasteiger partial charge is 0.344 e. The zero-order valence-electron chi connectivity index (χ0n) is 20.7. The van der Waals surface area contributed by atoms with E-state index in [-0.39, 0.29) is 33.9 Å². The Hall–Kier alpha value is -5.06. The first kappa shape index (κ1) is 24.6. The fourth-order valence-electron chi connectivity index (χ4n) is 4.62. The minimum absolute atomic E-state index is 0.0291. The van der Waals surface area contributed by atoms with Gasteiger partial charge in [0.15, 0.2) is 34.9 Å². The molecular formula is C27H21NO10. The molecule has 1 unspecified atom stereocenters. The Balaban J connectivity index is 1.80. The molecule has 38 heavy (non-hydrogen) atoms. The van der Waals surface area contributed by atoms with E-state index in [4.69, 9.17) is 28.4 Å². The van der Waals surface area contributed by atoms with Crippen molar-refractivity contribution < 1.29 is 42.9 Å². The minimum atomic E-state index is -0.927. The Kier molecular flexibility index (Phi) is 6.11. The van der Waals surface area contributed by atoms with Crippen molar-refractivity contribution in [3.8, 4) is 23.0 Å². The molecule has 0 saturated carbocycles. The molecule has 5 rings (SSSR count). The van der Waals surface area contributed by atoms with Crippen molar-refractivity contribution in [3.63, 3.8) is 0 Å². The summed E-state index contributed by atoms with van der Waals surface area (Å²) in [5.41, 5.74) is 0.668. The molecule has 0 saturated heterocycles. The summed E-state index contributed by atoms with van der Waals surface area (Å²) < 4.78 is 33.0. The molecule has 0 radical (unpaired) electrons. The van der Waals surface area contributed by atoms with E-state index in [0.717, 1.165) is 0 Å². The number of esters is 2. The van der Waals surface area contributed by atoms with Crippen LogP contribution < -0.4 is 18.9 Å². The molecule has 0 aliphatic carbocycles. The van der Waals surface area contributed by atoms with E-state index < -0.39 is 23.0 Å². The van der Waals surface area contributed by atoms with Crippen molar-refractivity contribution in [2.75, 3.05) is 28.4 Å². The zero-order chi connectivity index (χ0) is 27.1. The van der Waals surface area contributed by atoms with Gasteiger partial charge in [-0.3, -0.25) is 10.1 Å². The van der Waals surface area contributed by atoms with Gasteiger partial charge in [0.2, 0.25) is 0 Å². The first-order valence-corrected chi connectivity index (χ1v) is 11.3. The highest BCUT2D eigenvalue weighted by Crippen LogP contribution is 2.49. The van der Waals surface area contributed by atoms with Crippen LogP contribution in [-0.2, 0) is 14.3 Å². The summed E-state index contributed by atoms with van der Waals surface area (Å²) in [6.45, 7) is 0. The molecule has 194 valence electrons. The quantitative estimate of drug-likeness (QED) is 0.201. The van der Waals surface area contributed by atoms with Gasteiger partial charge in [0.25, 0.3) is 5.69 Å². The number of nitro benzene ring substituents is 1. The lowest BCUT2D eigenvalue weighted by atomic mass is 9.87. The molecule has 2 heterocycles. The van der Waals surface area contributed by atoms with Crippen molar-refractivity contribution >= 4 is 29.0 Å². The summed E-state index contributed by atoms with van der Waals surface area (Å²) in [5.74, 6) is -0.383. The summed E-state index contributed by atoms with van der Waals surface area (Å²) in [4.78, 5) is 37.4. The summed E-state index contributed by atoms with van der Waals surface area (Å²) >= 11 is 0. The Morgan fingerprint density at radius 2 is 1.45 bits per heavy atom. The van der Waals surface area contributed by atoms with E-state index in [1.807, 2.05) is 0 Å². The van der Waals surface area contributed by atoms with Gasteiger partial charge in [0.05, 0.1) is 38.9 Å². The molecule has 0 aromatic heterocycles. The second kappa shape index (κ2) is 9.43. The number of rotatable bonds is 6. The fraction of sp³-hybridized carbons (Fsp3) is 0.185. The van der Waals surface area contributed by atoms with Crippen LogP contribution in [0, 0.1) is 10.1 Å². The maximum Gasteiger partial charge on any atom is 0.344 e. The predicted octanol–water partition coefficient (Wildman–Crippen LogP) is 4.31. The number of hydrogen-bond acceptors (Lipinski definition) is 10. The SMILES string of the molecule is COc1ccc(C2OC(=O)C(=C3OC(=O)c4cccc([N+](=O)[O-])c43)c3cc(OC)c(OC)cc32)cc1OC. The van der Waals surface area contributed by atoms with Crippen LogP contribution >= 0.6 is 0 Å². The zero-order valence-corrected chi connectivity index (χ0v) is 20.7. The van der Waals surface area contributed by atoms with E-state index in [2.05, 4.69) is 0 Å². The average molecular weight is 519 g/mol. The second-order valence-electron chi connectivity index (χ2n) is 8.24. The van der Waals surface area contributed by atoms with E-state index >= 15 is 0 Å². The molecule has 1 atom stereocenters. The number of methoxy groups -OCH3 is 4. The number of nitrogens with zero attached hydrogens (tertiary/aromatic N) is 1. The van der Waals surface area contributed by atoms with Crippen LogP contribution in [0.25, 0.3) is 11.3 Å². The number of carbonyl (C=O) groups is 2. The standard InChI is InChI=1S/C27H21NO10/c1-33-18-9-8-13(10-19(18)34-2)24-16-12-21(36-4)20(35-3)11-15(16)23(27(30)37-24)25-22-14(26(29)38-25)6-5-7-17(22)28(31)32/h5-12,24H,1-4H3. The highest BCUT2D eigenvalue weighted by atomic mass is 16.6. The Bertz CT molecular complexity index is 1540. The molecule has 0 amide bonds. The Morgan fingerprint density at radius 1 is 0.789 bits per heavy atom. The molecule has 0 spiro atoms. The van der Waals surface area contributed by atoms with Crippen molar-refractivity contribution in [1.29, 1.82) is 0 Å². The number of hydrogen-bond donors (Lipinski definition) is 0. The molecule has 11 nitrogen and oxygen atoms in total. The molecule has 3 aromatic rings. The number of benzene rings is 3. The summed E-state index contributed by atoms with van der Waals surface area (Å²) in [5, 5.41) is 11.8. The number of ether oxygens (including phenoxy) is 6. The first-order chi connectivity index (χ1) is 18.3. The lowest BCUT2D eigenvalue weighted by Crippen LogP contribution is -2.23. The van der Waals surface area contributed by atoms with Gasteiger partial charge in [-0.25, -0.2) is 9.59 Å². The monoisotopic (exact) mass is 519 g/mol. The lowest BCUT2D eigenvalue weighted by molar-refractivity contribution is -0.385. The molecule has 0 N–H and O–H groups in total. The highest BCUT2D eigenvalue weighted by molar-refractivity contribution is 6.28. The third-order valence-electron chi connectivity index (χ3n) is 6.35. The lowest BCUT2D eigenvalue weighted by Gasteiger charge is -2.29. The van der Waals surface area contributed by atoms with E-state index in [1.54, 1.807) is 30.3 Å². The van der Waals surface area contributed by atoms with Gasteiger partial charge in [-0.15, -0.1) is 0 Å². The van der Waals surface area contributed by atoms with Gasteiger partial charge in [0.1, 0.15) is 11.1 Å². The third kappa shape index (κ3) is 3.76. The van der Waals surface area contributed by atoms with Crippen molar-refractivity contribution in [2.24, 2.45) is 0 Å². The van der Waals surface area contributed by atoms with E-state index in [9.17, 15) is 19.7 Å². The van der Waals surface area contributed by atoms with Crippen molar-refractivity contribution in [1.82, 2.24) is 0 Å². The number of fused-ring (bicyclic) bond motifs is 2. The van der Waals surface area contributed by atoms with Crippen LogP contribution in [-0.4, -0.2) is 45.3 Å². The Labute approximate surface area is 216 Å². The Morgan fingerprint density at radius 3 is 2.11 bits per heavy atom. The fourth-order valence-corrected chi connectivity index (χ4v) is 4.62. The predicted molar refractivity (Wildman–Crippen MR) is 132 cm³/mol. The minimum Gasteiger partial charge on any atom is -0.493 e. The summed E-state index contributed by atoms with van der Waals surface area (Å²) in [7, 11) is 5.88. The van der Waals surface area contributed by atoms with Crippen LogP contribution in [0.1, 0.15) is 38.7 Å². The van der Waals surface area contributed by atoms with Gasteiger partial charge in [0, 0.05) is 22.8 Å². The van der Waals surface area contributed by atoms with Crippen LogP contribution in [0.4, 0.5) is 5.69 Å². The molecule has 11 heteroatoms. The number of carbonyl (C=O) groups excluding carboxylic acids is 2. The van der Waals surface area contributed by atoms with Gasteiger partial charge in [-0.05, 0) is 30.3 Å². The number of cyclic esters (lactones) is 2. The molecule has 0 fully saturated rings. The van der Waals surface area contributed by atoms with E-state index in [1.165, 1.54) is 46.6 Å². The van der Waals surface area contributed by atoms with Crippen LogP contribution in [0.3, 0.4) is 0 Å². The molecule has 2 aliphatic rings. The van der Waals surface area contributed by atoms with Gasteiger partial charge in [-0.2, -0.15) is 0 Å². The van der Waals surface area contributed by atoms with Gasteiger partial charge >= 0.3 is 11.9 Å². The average Bonchev–Trinajstić information content (AvgIpc) is 3.27. The highest BCUT2D eigenvalue weighted by Gasteiger charge is 2.42. The normalized spacial score (nSPS) is 17.6. The maximum absolute atomic E-state index is 13.6. The topological polar surface area (TPSA) is 133 Å². The number of nitro groups is 1. The van der Waals surface area contributed by atoms with E-state index in [0.29, 0.717) is 33.9 Å². The van der Waals surface area contributed by atoms with Gasteiger partial charge < -0.3 is 28.4 Å². The molecule has 2 aliphatic heterocycles. The molecule has 3 aromatic carbocycles. The van der Waals surface area contributed by atoms with Crippen LogP contribution in [0.15, 0.2) is 48.5 Å². The second-order valence-corrected chi connectivity index (χ2v) is 8.24. The summed E-state index contributed by atoms with van der Waals surface area (Å²) in [6, 6.07) is 12.3. The third-order valence-corrected chi connectivity index (χ3v) is 6.35.